The Bertz CT molecular complexity index is 719. The fourth-order valence-electron chi connectivity index (χ4n) is 2.22. The van der Waals surface area contributed by atoms with Crippen LogP contribution in [0.3, 0.4) is 0 Å². The van der Waals surface area contributed by atoms with E-state index in [1.54, 1.807) is 6.20 Å². The van der Waals surface area contributed by atoms with Crippen LogP contribution in [-0.4, -0.2) is 15.7 Å². The van der Waals surface area contributed by atoms with Gasteiger partial charge in [-0.25, -0.2) is 0 Å². The van der Waals surface area contributed by atoms with Crippen LogP contribution in [0.1, 0.15) is 21.5 Å². The van der Waals surface area contributed by atoms with Crippen molar-refractivity contribution in [3.8, 4) is 0 Å². The molecule has 110 valence electrons. The largest absolute Gasteiger partial charge is 0.348 e. The second kappa shape index (κ2) is 6.72. The molecule has 4 heteroatoms. The summed E-state index contributed by atoms with van der Waals surface area (Å²) in [6.07, 6.45) is 3.71. The summed E-state index contributed by atoms with van der Waals surface area (Å²) in [4.78, 5) is 12.0. The lowest BCUT2D eigenvalue weighted by Crippen LogP contribution is -2.22. The lowest BCUT2D eigenvalue weighted by atomic mass is 10.1. The lowest BCUT2D eigenvalue weighted by molar-refractivity contribution is 0.0951. The SMILES string of the molecule is O=C(NCc1ccc(Cn2cccn2)cc1)c1ccccc1. The van der Waals surface area contributed by atoms with E-state index in [2.05, 4.69) is 22.5 Å². The molecule has 0 aliphatic rings. The predicted molar refractivity (Wildman–Crippen MR) is 85.4 cm³/mol. The molecule has 0 saturated carbocycles. The molecule has 2 aromatic carbocycles. The number of nitrogens with zero attached hydrogens (tertiary/aromatic N) is 2. The average molecular weight is 291 g/mol. The Balaban J connectivity index is 1.56. The summed E-state index contributed by atoms with van der Waals surface area (Å²) in [7, 11) is 0. The van der Waals surface area contributed by atoms with E-state index in [0.717, 1.165) is 12.1 Å². The highest BCUT2D eigenvalue weighted by Crippen LogP contribution is 2.07. The minimum absolute atomic E-state index is 0.0544. The molecule has 1 aromatic heterocycles. The number of aromatic nitrogens is 2. The van der Waals surface area contributed by atoms with Crippen molar-refractivity contribution in [2.75, 3.05) is 0 Å². The van der Waals surface area contributed by atoms with Crippen LogP contribution in [0.4, 0.5) is 0 Å². The Morgan fingerprint density at radius 3 is 2.36 bits per heavy atom. The Hall–Kier alpha value is -2.88. The molecule has 0 radical (unpaired) electrons. The monoisotopic (exact) mass is 291 g/mol. The normalized spacial score (nSPS) is 10.4. The summed E-state index contributed by atoms with van der Waals surface area (Å²) in [5.74, 6) is -0.0544. The van der Waals surface area contributed by atoms with E-state index >= 15 is 0 Å². The number of hydrogen-bond acceptors (Lipinski definition) is 2. The fourth-order valence-corrected chi connectivity index (χ4v) is 2.22. The van der Waals surface area contributed by atoms with Gasteiger partial charge >= 0.3 is 0 Å². The molecule has 0 fully saturated rings. The maximum absolute atomic E-state index is 12.0. The molecule has 1 heterocycles. The summed E-state index contributed by atoms with van der Waals surface area (Å²) in [5, 5.41) is 7.11. The first-order valence-corrected chi connectivity index (χ1v) is 7.20. The van der Waals surface area contributed by atoms with Gasteiger partial charge in [0.2, 0.25) is 0 Å². The molecule has 1 amide bonds. The lowest BCUT2D eigenvalue weighted by Gasteiger charge is -2.07. The number of benzene rings is 2. The number of nitrogens with one attached hydrogen (secondary N) is 1. The number of amides is 1. The maximum Gasteiger partial charge on any atom is 0.251 e. The summed E-state index contributed by atoms with van der Waals surface area (Å²) in [6, 6.07) is 19.3. The van der Waals surface area contributed by atoms with Crippen LogP contribution in [0, 0.1) is 0 Å². The van der Waals surface area contributed by atoms with E-state index in [-0.39, 0.29) is 5.91 Å². The second-order valence-corrected chi connectivity index (χ2v) is 5.07. The van der Waals surface area contributed by atoms with Gasteiger partial charge in [-0.15, -0.1) is 0 Å². The Morgan fingerprint density at radius 1 is 0.955 bits per heavy atom. The quantitative estimate of drug-likeness (QED) is 0.785. The zero-order valence-electron chi connectivity index (χ0n) is 12.1. The van der Waals surface area contributed by atoms with Crippen LogP contribution >= 0.6 is 0 Å². The van der Waals surface area contributed by atoms with Gasteiger partial charge in [0.1, 0.15) is 0 Å². The summed E-state index contributed by atoms with van der Waals surface area (Å²) < 4.78 is 1.88. The van der Waals surface area contributed by atoms with E-state index < -0.39 is 0 Å². The molecule has 1 N–H and O–H groups in total. The van der Waals surface area contributed by atoms with Crippen molar-refractivity contribution in [3.05, 3.63) is 89.7 Å². The molecule has 4 nitrogen and oxygen atoms in total. The van der Waals surface area contributed by atoms with Crippen molar-refractivity contribution < 1.29 is 4.79 Å². The molecule has 0 atom stereocenters. The third-order valence-corrected chi connectivity index (χ3v) is 3.42. The molecule has 0 aliphatic carbocycles. The maximum atomic E-state index is 12.0. The number of carbonyl (C=O) groups excluding carboxylic acids is 1. The van der Waals surface area contributed by atoms with Crippen LogP contribution in [-0.2, 0) is 13.1 Å². The average Bonchev–Trinajstić information content (AvgIpc) is 3.08. The van der Waals surface area contributed by atoms with Gasteiger partial charge in [0.25, 0.3) is 5.91 Å². The summed E-state index contributed by atoms with van der Waals surface area (Å²) in [6.45, 7) is 1.28. The molecule has 0 saturated heterocycles. The zero-order valence-corrected chi connectivity index (χ0v) is 12.1. The van der Waals surface area contributed by atoms with Crippen LogP contribution in [0.15, 0.2) is 73.1 Å². The van der Waals surface area contributed by atoms with Gasteiger partial charge in [-0.1, -0.05) is 42.5 Å². The van der Waals surface area contributed by atoms with E-state index in [0.29, 0.717) is 12.1 Å². The highest BCUT2D eigenvalue weighted by molar-refractivity contribution is 5.94. The summed E-state index contributed by atoms with van der Waals surface area (Å²) >= 11 is 0. The van der Waals surface area contributed by atoms with Crippen molar-refractivity contribution in [1.82, 2.24) is 15.1 Å². The first-order chi connectivity index (χ1) is 10.8. The number of carbonyl (C=O) groups is 1. The predicted octanol–water partition coefficient (Wildman–Crippen LogP) is 2.86. The van der Waals surface area contributed by atoms with Gasteiger partial charge in [-0.05, 0) is 29.3 Å². The van der Waals surface area contributed by atoms with Crippen LogP contribution in [0.2, 0.25) is 0 Å². The highest BCUT2D eigenvalue weighted by Gasteiger charge is 2.04. The molecule has 22 heavy (non-hydrogen) atoms. The van der Waals surface area contributed by atoms with Crippen molar-refractivity contribution in [2.24, 2.45) is 0 Å². The van der Waals surface area contributed by atoms with E-state index in [9.17, 15) is 4.79 Å². The topological polar surface area (TPSA) is 46.9 Å². The van der Waals surface area contributed by atoms with Crippen LogP contribution < -0.4 is 5.32 Å². The van der Waals surface area contributed by atoms with Crippen molar-refractivity contribution >= 4 is 5.91 Å². The van der Waals surface area contributed by atoms with Gasteiger partial charge in [-0.3, -0.25) is 9.48 Å². The van der Waals surface area contributed by atoms with Gasteiger partial charge in [0.05, 0.1) is 6.54 Å². The third kappa shape index (κ3) is 3.61. The van der Waals surface area contributed by atoms with Crippen molar-refractivity contribution in [3.63, 3.8) is 0 Å². The van der Waals surface area contributed by atoms with Gasteiger partial charge < -0.3 is 5.32 Å². The molecule has 0 spiro atoms. The minimum Gasteiger partial charge on any atom is -0.348 e. The standard InChI is InChI=1S/C18H17N3O/c22-18(17-5-2-1-3-6-17)19-13-15-7-9-16(10-8-15)14-21-12-4-11-20-21/h1-12H,13-14H2,(H,19,22). The van der Waals surface area contributed by atoms with Crippen molar-refractivity contribution in [2.45, 2.75) is 13.1 Å². The Labute approximate surface area is 129 Å². The van der Waals surface area contributed by atoms with Crippen LogP contribution in [0.5, 0.6) is 0 Å². The Morgan fingerprint density at radius 2 is 1.68 bits per heavy atom. The smallest absolute Gasteiger partial charge is 0.251 e. The Kier molecular flexibility index (Phi) is 4.30. The molecular formula is C18H17N3O. The van der Waals surface area contributed by atoms with Crippen LogP contribution in [0.25, 0.3) is 0 Å². The molecule has 3 aromatic rings. The summed E-state index contributed by atoms with van der Waals surface area (Å²) in [5.41, 5.74) is 2.94. The van der Waals surface area contributed by atoms with E-state index in [1.165, 1.54) is 5.56 Å². The third-order valence-electron chi connectivity index (χ3n) is 3.42. The second-order valence-electron chi connectivity index (χ2n) is 5.07. The fraction of sp³-hybridized carbons (Fsp3) is 0.111. The molecule has 0 aliphatic heterocycles. The molecule has 3 rings (SSSR count). The van der Waals surface area contributed by atoms with Gasteiger partial charge in [0, 0.05) is 24.5 Å². The molecular weight excluding hydrogens is 274 g/mol. The van der Waals surface area contributed by atoms with Crippen molar-refractivity contribution in [1.29, 1.82) is 0 Å². The van der Waals surface area contributed by atoms with E-state index in [4.69, 9.17) is 0 Å². The van der Waals surface area contributed by atoms with Gasteiger partial charge in [-0.2, -0.15) is 5.10 Å². The first-order valence-electron chi connectivity index (χ1n) is 7.20. The minimum atomic E-state index is -0.0544. The molecule has 0 unspecified atom stereocenters. The first kappa shape index (κ1) is 14.1. The number of rotatable bonds is 5. The van der Waals surface area contributed by atoms with Gasteiger partial charge in [0.15, 0.2) is 0 Å². The zero-order chi connectivity index (χ0) is 15.2. The number of hydrogen-bond donors (Lipinski definition) is 1. The highest BCUT2D eigenvalue weighted by atomic mass is 16.1. The molecule has 0 bridgehead atoms. The van der Waals surface area contributed by atoms with E-state index in [1.807, 2.05) is 59.4 Å².